The van der Waals surface area contributed by atoms with Gasteiger partial charge < -0.3 is 11.1 Å². The summed E-state index contributed by atoms with van der Waals surface area (Å²) in [6.07, 6.45) is 1.72. The molecule has 0 saturated carbocycles. The largest absolute Gasteiger partial charge is 0.398 e. The Hall–Kier alpha value is -1.53. The molecule has 0 fully saturated rings. The first-order chi connectivity index (χ1) is 9.10. The van der Waals surface area contributed by atoms with Crippen molar-refractivity contribution in [3.05, 3.63) is 46.6 Å². The summed E-state index contributed by atoms with van der Waals surface area (Å²) in [5, 5.41) is 3.41. The van der Waals surface area contributed by atoms with E-state index in [1.54, 1.807) is 31.4 Å². The Morgan fingerprint density at radius 3 is 2.79 bits per heavy atom. The molecule has 6 heteroatoms. The van der Waals surface area contributed by atoms with Crippen molar-refractivity contribution in [2.24, 2.45) is 0 Å². The monoisotopic (exact) mass is 337 g/mol. The SMILES string of the molecule is CNC(=O)c1ccc(N)c(Sc2ccc(Br)cn2)c1. The van der Waals surface area contributed by atoms with Crippen molar-refractivity contribution in [1.29, 1.82) is 0 Å². The van der Waals surface area contributed by atoms with Crippen LogP contribution < -0.4 is 11.1 Å². The number of carbonyl (C=O) groups is 1. The van der Waals surface area contributed by atoms with Gasteiger partial charge in [0.2, 0.25) is 0 Å². The molecule has 0 aliphatic heterocycles. The lowest BCUT2D eigenvalue weighted by Gasteiger charge is -2.07. The molecule has 1 aromatic carbocycles. The van der Waals surface area contributed by atoms with Gasteiger partial charge in [0.15, 0.2) is 0 Å². The molecule has 2 aromatic rings. The first-order valence-electron chi connectivity index (χ1n) is 5.51. The summed E-state index contributed by atoms with van der Waals surface area (Å²) in [4.78, 5) is 16.7. The van der Waals surface area contributed by atoms with E-state index in [4.69, 9.17) is 5.73 Å². The summed E-state index contributed by atoms with van der Waals surface area (Å²) in [6, 6.07) is 9.00. The fourth-order valence-corrected chi connectivity index (χ4v) is 2.52. The van der Waals surface area contributed by atoms with Gasteiger partial charge in [-0.15, -0.1) is 0 Å². The van der Waals surface area contributed by atoms with Gasteiger partial charge in [0, 0.05) is 33.9 Å². The lowest BCUT2D eigenvalue weighted by Crippen LogP contribution is -2.17. The van der Waals surface area contributed by atoms with Crippen molar-refractivity contribution in [3.8, 4) is 0 Å². The highest BCUT2D eigenvalue weighted by Crippen LogP contribution is 2.31. The van der Waals surface area contributed by atoms with E-state index in [0.29, 0.717) is 11.3 Å². The number of halogens is 1. The summed E-state index contributed by atoms with van der Waals surface area (Å²) < 4.78 is 0.920. The molecule has 3 N–H and O–H groups in total. The smallest absolute Gasteiger partial charge is 0.251 e. The number of rotatable bonds is 3. The van der Waals surface area contributed by atoms with Gasteiger partial charge in [0.25, 0.3) is 5.91 Å². The van der Waals surface area contributed by atoms with Crippen LogP contribution in [0.25, 0.3) is 0 Å². The second-order valence-corrected chi connectivity index (χ2v) is 5.73. The number of anilines is 1. The Morgan fingerprint density at radius 2 is 2.16 bits per heavy atom. The molecule has 0 atom stereocenters. The number of amides is 1. The Morgan fingerprint density at radius 1 is 1.37 bits per heavy atom. The normalized spacial score (nSPS) is 10.2. The van der Waals surface area contributed by atoms with Crippen molar-refractivity contribution in [1.82, 2.24) is 10.3 Å². The zero-order chi connectivity index (χ0) is 13.8. The van der Waals surface area contributed by atoms with E-state index >= 15 is 0 Å². The Labute approximate surface area is 123 Å². The number of nitrogens with one attached hydrogen (secondary N) is 1. The molecule has 0 aliphatic rings. The number of aromatic nitrogens is 1. The molecule has 0 unspecified atom stereocenters. The third kappa shape index (κ3) is 3.48. The maximum Gasteiger partial charge on any atom is 0.251 e. The Balaban J connectivity index is 2.28. The lowest BCUT2D eigenvalue weighted by molar-refractivity contribution is 0.0963. The van der Waals surface area contributed by atoms with Crippen LogP contribution in [0.3, 0.4) is 0 Å². The number of pyridine rings is 1. The van der Waals surface area contributed by atoms with Crippen molar-refractivity contribution < 1.29 is 4.79 Å². The van der Waals surface area contributed by atoms with Crippen LogP contribution in [0.5, 0.6) is 0 Å². The molecule has 0 aliphatic carbocycles. The highest BCUT2D eigenvalue weighted by atomic mass is 79.9. The number of nitrogens with zero attached hydrogens (tertiary/aromatic N) is 1. The number of nitrogens with two attached hydrogens (primary N) is 1. The number of hydrogen-bond acceptors (Lipinski definition) is 4. The first-order valence-corrected chi connectivity index (χ1v) is 7.12. The predicted octanol–water partition coefficient (Wildman–Crippen LogP) is 2.94. The Kier molecular flexibility index (Phi) is 4.44. The van der Waals surface area contributed by atoms with Crippen LogP contribution in [-0.4, -0.2) is 17.9 Å². The van der Waals surface area contributed by atoms with E-state index in [2.05, 4.69) is 26.2 Å². The molecule has 4 nitrogen and oxygen atoms in total. The molecule has 1 heterocycles. The molecule has 0 bridgehead atoms. The van der Waals surface area contributed by atoms with E-state index in [0.717, 1.165) is 14.4 Å². The van der Waals surface area contributed by atoms with E-state index in [-0.39, 0.29) is 5.91 Å². The van der Waals surface area contributed by atoms with Crippen LogP contribution in [0.4, 0.5) is 5.69 Å². The van der Waals surface area contributed by atoms with Crippen LogP contribution in [0.15, 0.2) is 50.9 Å². The van der Waals surface area contributed by atoms with Gasteiger partial charge in [-0.1, -0.05) is 11.8 Å². The van der Waals surface area contributed by atoms with Crippen LogP contribution in [0.2, 0.25) is 0 Å². The number of carbonyl (C=O) groups excluding carboxylic acids is 1. The average Bonchev–Trinajstić information content (AvgIpc) is 2.43. The Bertz CT molecular complexity index is 601. The molecular formula is C13H12BrN3OS. The van der Waals surface area contributed by atoms with Gasteiger partial charge in [-0.25, -0.2) is 4.98 Å². The quantitative estimate of drug-likeness (QED) is 0.845. The second-order valence-electron chi connectivity index (χ2n) is 3.75. The van der Waals surface area contributed by atoms with E-state index in [9.17, 15) is 4.79 Å². The zero-order valence-corrected chi connectivity index (χ0v) is 12.6. The predicted molar refractivity (Wildman–Crippen MR) is 80.3 cm³/mol. The van der Waals surface area contributed by atoms with Crippen molar-refractivity contribution >= 4 is 39.3 Å². The lowest BCUT2D eigenvalue weighted by atomic mass is 10.2. The third-order valence-electron chi connectivity index (χ3n) is 2.42. The zero-order valence-electron chi connectivity index (χ0n) is 10.2. The molecule has 0 spiro atoms. The van der Waals surface area contributed by atoms with Gasteiger partial charge in [0.05, 0.1) is 0 Å². The van der Waals surface area contributed by atoms with E-state index < -0.39 is 0 Å². The first kappa shape index (κ1) is 13.9. The molecule has 0 saturated heterocycles. The van der Waals surface area contributed by atoms with Crippen molar-refractivity contribution in [3.63, 3.8) is 0 Å². The molecule has 1 aromatic heterocycles. The maximum atomic E-state index is 11.6. The fraction of sp³-hybridized carbons (Fsp3) is 0.0769. The third-order valence-corrected chi connectivity index (χ3v) is 3.91. The number of hydrogen-bond donors (Lipinski definition) is 2. The summed E-state index contributed by atoms with van der Waals surface area (Å²) in [5.41, 5.74) is 7.13. The molecule has 19 heavy (non-hydrogen) atoms. The van der Waals surface area contributed by atoms with Gasteiger partial charge in [-0.05, 0) is 46.3 Å². The van der Waals surface area contributed by atoms with Crippen molar-refractivity contribution in [2.75, 3.05) is 12.8 Å². The molecule has 2 rings (SSSR count). The van der Waals surface area contributed by atoms with Crippen LogP contribution >= 0.6 is 27.7 Å². The summed E-state index contributed by atoms with van der Waals surface area (Å²) in [7, 11) is 1.60. The molecule has 1 amide bonds. The van der Waals surface area contributed by atoms with Gasteiger partial charge in [-0.3, -0.25) is 4.79 Å². The van der Waals surface area contributed by atoms with Crippen LogP contribution in [-0.2, 0) is 0 Å². The van der Waals surface area contributed by atoms with Crippen LogP contribution in [0.1, 0.15) is 10.4 Å². The van der Waals surface area contributed by atoms with Crippen molar-refractivity contribution in [2.45, 2.75) is 9.92 Å². The second kappa shape index (κ2) is 6.08. The highest BCUT2D eigenvalue weighted by Gasteiger charge is 2.08. The van der Waals surface area contributed by atoms with Gasteiger partial charge in [-0.2, -0.15) is 0 Å². The average molecular weight is 338 g/mol. The molecule has 0 radical (unpaired) electrons. The van der Waals surface area contributed by atoms with Gasteiger partial charge in [0.1, 0.15) is 5.03 Å². The van der Waals surface area contributed by atoms with Crippen LogP contribution in [0, 0.1) is 0 Å². The fourth-order valence-electron chi connectivity index (χ4n) is 1.44. The van der Waals surface area contributed by atoms with E-state index in [1.165, 1.54) is 11.8 Å². The number of benzene rings is 1. The molecule has 98 valence electrons. The summed E-state index contributed by atoms with van der Waals surface area (Å²) >= 11 is 4.76. The standard InChI is InChI=1S/C13H12BrN3OS/c1-16-13(18)8-2-4-10(15)11(6-8)19-12-5-3-9(14)7-17-12/h2-7H,15H2,1H3,(H,16,18). The minimum Gasteiger partial charge on any atom is -0.398 e. The van der Waals surface area contributed by atoms with Gasteiger partial charge >= 0.3 is 0 Å². The van der Waals surface area contributed by atoms with E-state index in [1.807, 2.05) is 12.1 Å². The summed E-state index contributed by atoms with van der Waals surface area (Å²) in [5.74, 6) is -0.134. The highest BCUT2D eigenvalue weighted by molar-refractivity contribution is 9.10. The molecular weight excluding hydrogens is 326 g/mol. The minimum absolute atomic E-state index is 0.134. The summed E-state index contributed by atoms with van der Waals surface area (Å²) in [6.45, 7) is 0. The minimum atomic E-state index is -0.134. The maximum absolute atomic E-state index is 11.6. The topological polar surface area (TPSA) is 68.0 Å². The number of nitrogen functional groups attached to an aromatic ring is 1.